The first-order valence-corrected chi connectivity index (χ1v) is 7.40. The van der Waals surface area contributed by atoms with E-state index < -0.39 is 0 Å². The van der Waals surface area contributed by atoms with Gasteiger partial charge in [0.1, 0.15) is 0 Å². The molecule has 1 aromatic carbocycles. The van der Waals surface area contributed by atoms with E-state index in [9.17, 15) is 0 Å². The number of hydrogen-bond acceptors (Lipinski definition) is 4. The number of thiazole rings is 1. The second-order valence-electron chi connectivity index (χ2n) is 4.31. The molecule has 3 N–H and O–H groups in total. The van der Waals surface area contributed by atoms with Gasteiger partial charge in [0.25, 0.3) is 0 Å². The molecule has 1 heterocycles. The number of aryl methyl sites for hydroxylation is 2. The Morgan fingerprint density at radius 1 is 1.44 bits per heavy atom. The van der Waals surface area contributed by atoms with Crippen molar-refractivity contribution in [1.29, 1.82) is 0 Å². The Balaban J connectivity index is 2.19. The van der Waals surface area contributed by atoms with Crippen molar-refractivity contribution in [2.45, 2.75) is 26.3 Å². The lowest BCUT2D eigenvalue weighted by molar-refractivity contribution is 0.550. The molecule has 1 unspecified atom stereocenters. The second kappa shape index (κ2) is 5.93. The van der Waals surface area contributed by atoms with Crippen LogP contribution in [0.25, 0.3) is 0 Å². The van der Waals surface area contributed by atoms with Gasteiger partial charge in [-0.1, -0.05) is 28.1 Å². The van der Waals surface area contributed by atoms with Gasteiger partial charge in [-0.15, -0.1) is 11.3 Å². The standard InChI is InChI=1S/C13H16BrN3S/c1-8-3-4-10(5-11(8)14)12(17-15)6-13-16-9(2)7-18-13/h3-5,7,12,17H,6,15H2,1-2H3. The fourth-order valence-electron chi connectivity index (χ4n) is 1.77. The van der Waals surface area contributed by atoms with Gasteiger partial charge in [0.05, 0.1) is 11.0 Å². The van der Waals surface area contributed by atoms with E-state index in [-0.39, 0.29) is 6.04 Å². The van der Waals surface area contributed by atoms with E-state index in [4.69, 9.17) is 5.84 Å². The van der Waals surface area contributed by atoms with Gasteiger partial charge in [0, 0.05) is 22.0 Å². The number of rotatable bonds is 4. The van der Waals surface area contributed by atoms with Gasteiger partial charge in [-0.25, -0.2) is 4.98 Å². The van der Waals surface area contributed by atoms with Crippen LogP contribution in [-0.4, -0.2) is 4.98 Å². The molecule has 2 aromatic rings. The van der Waals surface area contributed by atoms with E-state index in [0.29, 0.717) is 0 Å². The molecular formula is C13H16BrN3S. The fourth-order valence-corrected chi connectivity index (χ4v) is 2.99. The number of halogens is 1. The highest BCUT2D eigenvalue weighted by Gasteiger charge is 2.13. The highest BCUT2D eigenvalue weighted by atomic mass is 79.9. The topological polar surface area (TPSA) is 50.9 Å². The zero-order chi connectivity index (χ0) is 13.1. The van der Waals surface area contributed by atoms with Crippen LogP contribution in [0, 0.1) is 13.8 Å². The summed E-state index contributed by atoms with van der Waals surface area (Å²) in [7, 11) is 0. The molecule has 0 saturated carbocycles. The molecule has 1 atom stereocenters. The fraction of sp³-hybridized carbons (Fsp3) is 0.308. The summed E-state index contributed by atoms with van der Waals surface area (Å²) in [6.45, 7) is 4.08. The number of hydrogen-bond donors (Lipinski definition) is 2. The third-order valence-corrected chi connectivity index (χ3v) is 4.69. The Labute approximate surface area is 120 Å². The second-order valence-corrected chi connectivity index (χ2v) is 6.11. The van der Waals surface area contributed by atoms with E-state index in [1.54, 1.807) is 11.3 Å². The normalized spacial score (nSPS) is 12.7. The molecule has 0 radical (unpaired) electrons. The van der Waals surface area contributed by atoms with Gasteiger partial charge in [0.2, 0.25) is 0 Å². The average Bonchev–Trinajstić information content (AvgIpc) is 2.75. The van der Waals surface area contributed by atoms with Crippen LogP contribution in [0.4, 0.5) is 0 Å². The number of nitrogens with two attached hydrogens (primary N) is 1. The van der Waals surface area contributed by atoms with Crippen LogP contribution in [-0.2, 0) is 6.42 Å². The molecular weight excluding hydrogens is 310 g/mol. The molecule has 1 aromatic heterocycles. The molecule has 0 fully saturated rings. The summed E-state index contributed by atoms with van der Waals surface area (Å²) in [5.41, 5.74) is 6.33. The minimum atomic E-state index is 0.0902. The lowest BCUT2D eigenvalue weighted by Crippen LogP contribution is -2.29. The number of aromatic nitrogens is 1. The van der Waals surface area contributed by atoms with E-state index in [1.165, 1.54) is 11.1 Å². The van der Waals surface area contributed by atoms with Crippen molar-refractivity contribution in [2.24, 2.45) is 5.84 Å². The van der Waals surface area contributed by atoms with Crippen LogP contribution in [0.15, 0.2) is 28.1 Å². The molecule has 0 bridgehead atoms. The largest absolute Gasteiger partial charge is 0.271 e. The zero-order valence-corrected chi connectivity index (χ0v) is 12.8. The number of nitrogens with one attached hydrogen (secondary N) is 1. The van der Waals surface area contributed by atoms with Crippen LogP contribution < -0.4 is 11.3 Å². The molecule has 0 aliphatic heterocycles. The van der Waals surface area contributed by atoms with Crippen LogP contribution in [0.3, 0.4) is 0 Å². The third-order valence-electron chi connectivity index (χ3n) is 2.84. The van der Waals surface area contributed by atoms with Gasteiger partial charge in [-0.05, 0) is 31.0 Å². The van der Waals surface area contributed by atoms with E-state index in [0.717, 1.165) is 21.6 Å². The van der Waals surface area contributed by atoms with Crippen LogP contribution in [0.5, 0.6) is 0 Å². The molecule has 3 nitrogen and oxygen atoms in total. The zero-order valence-electron chi connectivity index (χ0n) is 10.4. The van der Waals surface area contributed by atoms with Gasteiger partial charge in [0.15, 0.2) is 0 Å². The molecule has 0 saturated heterocycles. The summed E-state index contributed by atoms with van der Waals surface area (Å²) in [5.74, 6) is 5.66. The predicted molar refractivity (Wildman–Crippen MR) is 79.5 cm³/mol. The molecule has 0 amide bonds. The predicted octanol–water partition coefficient (Wildman–Crippen LogP) is 3.27. The SMILES string of the molecule is Cc1csc(CC(NN)c2ccc(C)c(Br)c2)n1. The average molecular weight is 326 g/mol. The molecule has 2 rings (SSSR count). The Kier molecular flexibility index (Phi) is 4.50. The van der Waals surface area contributed by atoms with Crippen molar-refractivity contribution in [2.75, 3.05) is 0 Å². The van der Waals surface area contributed by atoms with Gasteiger partial charge < -0.3 is 0 Å². The summed E-state index contributed by atoms with van der Waals surface area (Å²) < 4.78 is 1.11. The van der Waals surface area contributed by atoms with Crippen molar-refractivity contribution in [3.05, 3.63) is 49.9 Å². The lowest BCUT2D eigenvalue weighted by atomic mass is 10.0. The Bertz CT molecular complexity index is 539. The monoisotopic (exact) mass is 325 g/mol. The van der Waals surface area contributed by atoms with Gasteiger partial charge in [-0.3, -0.25) is 11.3 Å². The summed E-state index contributed by atoms with van der Waals surface area (Å²) in [6.07, 6.45) is 0.810. The van der Waals surface area contributed by atoms with Crippen molar-refractivity contribution >= 4 is 27.3 Å². The lowest BCUT2D eigenvalue weighted by Gasteiger charge is -2.16. The third kappa shape index (κ3) is 3.17. The van der Waals surface area contributed by atoms with Gasteiger partial charge in [-0.2, -0.15) is 0 Å². The Hall–Kier alpha value is -0.750. The Morgan fingerprint density at radius 2 is 2.22 bits per heavy atom. The molecule has 0 aliphatic rings. The molecule has 5 heteroatoms. The number of hydrazine groups is 1. The maximum Gasteiger partial charge on any atom is 0.0947 e. The van der Waals surface area contributed by atoms with Crippen LogP contribution >= 0.6 is 27.3 Å². The first kappa shape index (κ1) is 13.7. The van der Waals surface area contributed by atoms with Crippen molar-refractivity contribution in [3.63, 3.8) is 0 Å². The minimum absolute atomic E-state index is 0.0902. The Morgan fingerprint density at radius 3 is 2.78 bits per heavy atom. The quantitative estimate of drug-likeness (QED) is 0.670. The van der Waals surface area contributed by atoms with Gasteiger partial charge >= 0.3 is 0 Å². The molecule has 18 heavy (non-hydrogen) atoms. The van der Waals surface area contributed by atoms with E-state index in [1.807, 2.05) is 6.92 Å². The van der Waals surface area contributed by atoms with E-state index >= 15 is 0 Å². The highest BCUT2D eigenvalue weighted by molar-refractivity contribution is 9.10. The summed E-state index contributed by atoms with van der Waals surface area (Å²) in [6, 6.07) is 6.40. The van der Waals surface area contributed by atoms with Crippen molar-refractivity contribution in [1.82, 2.24) is 10.4 Å². The summed E-state index contributed by atoms with van der Waals surface area (Å²) in [5, 5.41) is 3.17. The smallest absolute Gasteiger partial charge is 0.0947 e. The van der Waals surface area contributed by atoms with Crippen molar-refractivity contribution < 1.29 is 0 Å². The first-order valence-electron chi connectivity index (χ1n) is 5.73. The first-order chi connectivity index (χ1) is 8.60. The number of nitrogens with zero attached hydrogens (tertiary/aromatic N) is 1. The molecule has 96 valence electrons. The minimum Gasteiger partial charge on any atom is -0.271 e. The molecule has 0 aliphatic carbocycles. The summed E-state index contributed by atoms with van der Waals surface area (Å²) in [4.78, 5) is 4.48. The van der Waals surface area contributed by atoms with Crippen LogP contribution in [0.1, 0.15) is 27.9 Å². The molecule has 0 spiro atoms. The number of benzene rings is 1. The van der Waals surface area contributed by atoms with Crippen LogP contribution in [0.2, 0.25) is 0 Å². The maximum absolute atomic E-state index is 5.66. The maximum atomic E-state index is 5.66. The summed E-state index contributed by atoms with van der Waals surface area (Å²) >= 11 is 5.23. The van der Waals surface area contributed by atoms with Crippen molar-refractivity contribution in [3.8, 4) is 0 Å². The highest BCUT2D eigenvalue weighted by Crippen LogP contribution is 2.24. The van der Waals surface area contributed by atoms with E-state index in [2.05, 4.69) is 56.8 Å².